The zero-order valence-electron chi connectivity index (χ0n) is 5.51. The molecule has 0 fully saturated rings. The normalized spacial score (nSPS) is 7.90. The summed E-state index contributed by atoms with van der Waals surface area (Å²) in [5.74, 6) is 0. The fourth-order valence-electron chi connectivity index (χ4n) is 0.417. The van der Waals surface area contributed by atoms with Crippen LogP contribution in [0.2, 0.25) is 5.15 Å². The van der Waals surface area contributed by atoms with Crippen molar-refractivity contribution in [3.8, 4) is 0 Å². The summed E-state index contributed by atoms with van der Waals surface area (Å²) < 4.78 is 9.50. The predicted molar refractivity (Wildman–Crippen MR) is 40.7 cm³/mol. The van der Waals surface area contributed by atoms with Gasteiger partial charge in [-0.25, -0.2) is 4.98 Å². The van der Waals surface area contributed by atoms with Gasteiger partial charge >= 0.3 is 0 Å². The fourth-order valence-corrected chi connectivity index (χ4v) is 0.600. The Balaban J connectivity index is 0.000000371. The summed E-state index contributed by atoms with van der Waals surface area (Å²) in [6, 6.07) is 3.29. The third-order valence-corrected chi connectivity index (χ3v) is 0.957. The molecular formula is C6H8ClFN2. The van der Waals surface area contributed by atoms with Crippen molar-refractivity contribution in [3.63, 3.8) is 0 Å². The smallest absolute Gasteiger partial charge is 0.131 e. The van der Waals surface area contributed by atoms with Gasteiger partial charge in [0.1, 0.15) is 5.15 Å². The van der Waals surface area contributed by atoms with Crippen LogP contribution in [0.25, 0.3) is 0 Å². The molecule has 1 heterocycles. The second-order valence-corrected chi connectivity index (χ2v) is 1.80. The number of halogens is 2. The molecule has 2 nitrogen and oxygen atoms in total. The van der Waals surface area contributed by atoms with Gasteiger partial charge in [-0.05, 0) is 12.1 Å². The van der Waals surface area contributed by atoms with Gasteiger partial charge in [0, 0.05) is 11.9 Å². The summed E-state index contributed by atoms with van der Waals surface area (Å²) in [4.78, 5) is 3.73. The zero-order chi connectivity index (χ0) is 7.98. The highest BCUT2D eigenvalue weighted by Crippen LogP contribution is 2.06. The Morgan fingerprint density at radius 3 is 2.50 bits per heavy atom. The van der Waals surface area contributed by atoms with E-state index >= 15 is 0 Å². The fraction of sp³-hybridized carbons (Fsp3) is 0.167. The monoisotopic (exact) mass is 162 g/mol. The average molecular weight is 163 g/mol. The number of nitrogens with zero attached hydrogens (tertiary/aromatic N) is 1. The van der Waals surface area contributed by atoms with Crippen LogP contribution in [-0.4, -0.2) is 12.2 Å². The van der Waals surface area contributed by atoms with Crippen LogP contribution < -0.4 is 5.73 Å². The van der Waals surface area contributed by atoms with E-state index in [1.165, 1.54) is 0 Å². The molecule has 0 saturated heterocycles. The van der Waals surface area contributed by atoms with Crippen molar-refractivity contribution in [1.82, 2.24) is 4.98 Å². The molecule has 4 heteroatoms. The zero-order valence-corrected chi connectivity index (χ0v) is 6.27. The van der Waals surface area contributed by atoms with E-state index in [0.29, 0.717) is 18.0 Å². The van der Waals surface area contributed by atoms with Crippen LogP contribution >= 0.6 is 11.6 Å². The number of nitrogen functional groups attached to an aromatic ring is 1. The molecule has 1 aromatic rings. The number of alkyl halides is 1. The molecule has 0 atom stereocenters. The van der Waals surface area contributed by atoms with E-state index in [2.05, 4.69) is 4.98 Å². The summed E-state index contributed by atoms with van der Waals surface area (Å²) >= 11 is 5.45. The van der Waals surface area contributed by atoms with Crippen LogP contribution in [-0.2, 0) is 0 Å². The number of anilines is 1. The van der Waals surface area contributed by atoms with Crippen LogP contribution in [0.15, 0.2) is 18.3 Å². The van der Waals surface area contributed by atoms with Gasteiger partial charge in [0.15, 0.2) is 0 Å². The number of hydrogen-bond acceptors (Lipinski definition) is 2. The molecule has 10 heavy (non-hydrogen) atoms. The molecule has 0 amide bonds. The molecule has 0 aliphatic heterocycles. The van der Waals surface area contributed by atoms with E-state index < -0.39 is 0 Å². The van der Waals surface area contributed by atoms with E-state index in [1.807, 2.05) is 0 Å². The van der Waals surface area contributed by atoms with E-state index in [1.54, 1.807) is 18.3 Å². The topological polar surface area (TPSA) is 38.9 Å². The maximum absolute atomic E-state index is 9.50. The lowest BCUT2D eigenvalue weighted by molar-refractivity contribution is 0.636. The molecule has 1 rings (SSSR count). The highest BCUT2D eigenvalue weighted by molar-refractivity contribution is 6.29. The lowest BCUT2D eigenvalue weighted by Crippen LogP contribution is -1.83. The number of hydrogen-bond donors (Lipinski definition) is 1. The minimum absolute atomic E-state index is 0.435. The molecule has 0 unspecified atom stereocenters. The third-order valence-electron chi connectivity index (χ3n) is 0.751. The summed E-state index contributed by atoms with van der Waals surface area (Å²) in [6.45, 7) is 0. The lowest BCUT2D eigenvalue weighted by Gasteiger charge is -1.88. The van der Waals surface area contributed by atoms with Crippen molar-refractivity contribution in [1.29, 1.82) is 0 Å². The number of nitrogens with two attached hydrogens (primary N) is 1. The first kappa shape index (κ1) is 9.17. The first-order valence-corrected chi connectivity index (χ1v) is 2.91. The quantitative estimate of drug-likeness (QED) is 0.592. The maximum atomic E-state index is 9.50. The first-order chi connectivity index (χ1) is 4.79. The van der Waals surface area contributed by atoms with Crippen molar-refractivity contribution in [2.45, 2.75) is 0 Å². The van der Waals surface area contributed by atoms with Crippen LogP contribution in [0, 0.1) is 0 Å². The molecule has 0 saturated carbocycles. The van der Waals surface area contributed by atoms with Gasteiger partial charge in [-0.3, -0.25) is 4.39 Å². The van der Waals surface area contributed by atoms with Crippen molar-refractivity contribution < 1.29 is 4.39 Å². The summed E-state index contributed by atoms with van der Waals surface area (Å²) in [5, 5.41) is 0.435. The van der Waals surface area contributed by atoms with Gasteiger partial charge in [-0.1, -0.05) is 11.6 Å². The van der Waals surface area contributed by atoms with E-state index in [0.717, 1.165) is 0 Å². The van der Waals surface area contributed by atoms with Crippen LogP contribution in [0.4, 0.5) is 10.1 Å². The Hall–Kier alpha value is -0.830. The predicted octanol–water partition coefficient (Wildman–Crippen LogP) is 1.90. The summed E-state index contributed by atoms with van der Waals surface area (Å²) in [6.07, 6.45) is 1.57. The Bertz CT molecular complexity index is 176. The first-order valence-electron chi connectivity index (χ1n) is 2.54. The minimum atomic E-state index is 0.435. The molecule has 0 radical (unpaired) electrons. The van der Waals surface area contributed by atoms with Gasteiger partial charge < -0.3 is 5.73 Å². The van der Waals surface area contributed by atoms with E-state index in [-0.39, 0.29) is 0 Å². The summed E-state index contributed by atoms with van der Waals surface area (Å²) in [5.41, 5.74) is 5.98. The molecular weight excluding hydrogens is 155 g/mol. The maximum Gasteiger partial charge on any atom is 0.131 e. The highest BCUT2D eigenvalue weighted by Gasteiger charge is 1.84. The van der Waals surface area contributed by atoms with Gasteiger partial charge in [0.05, 0.1) is 7.18 Å². The average Bonchev–Trinajstić information content (AvgIpc) is 1.91. The Morgan fingerprint density at radius 2 is 2.20 bits per heavy atom. The molecule has 0 bridgehead atoms. The molecule has 0 spiro atoms. The lowest BCUT2D eigenvalue weighted by atomic mass is 10.4. The van der Waals surface area contributed by atoms with Gasteiger partial charge in [-0.2, -0.15) is 0 Å². The Labute approximate surface area is 63.8 Å². The van der Waals surface area contributed by atoms with E-state index in [9.17, 15) is 4.39 Å². The van der Waals surface area contributed by atoms with Crippen molar-refractivity contribution >= 4 is 17.3 Å². The van der Waals surface area contributed by atoms with Crippen LogP contribution in [0.1, 0.15) is 0 Å². The molecule has 56 valence electrons. The van der Waals surface area contributed by atoms with Crippen molar-refractivity contribution in [2.75, 3.05) is 12.9 Å². The van der Waals surface area contributed by atoms with Gasteiger partial charge in [-0.15, -0.1) is 0 Å². The summed E-state index contributed by atoms with van der Waals surface area (Å²) in [7, 11) is 0.500. The van der Waals surface area contributed by atoms with Crippen molar-refractivity contribution in [2.24, 2.45) is 0 Å². The third kappa shape index (κ3) is 3.25. The Kier molecular flexibility index (Phi) is 4.58. The van der Waals surface area contributed by atoms with Crippen LogP contribution in [0.5, 0.6) is 0 Å². The van der Waals surface area contributed by atoms with Crippen molar-refractivity contribution in [3.05, 3.63) is 23.5 Å². The highest BCUT2D eigenvalue weighted by atomic mass is 35.5. The molecule has 2 N–H and O–H groups in total. The molecule has 0 aliphatic rings. The molecule has 0 aliphatic carbocycles. The second kappa shape index (κ2) is 4.99. The largest absolute Gasteiger partial charge is 0.399 e. The molecule has 0 aromatic carbocycles. The number of aromatic nitrogens is 1. The SMILES string of the molecule is CF.Nc1ccnc(Cl)c1. The molecule has 1 aromatic heterocycles. The number of rotatable bonds is 0. The Morgan fingerprint density at radius 1 is 1.60 bits per heavy atom. The second-order valence-electron chi connectivity index (χ2n) is 1.41. The minimum Gasteiger partial charge on any atom is -0.399 e. The van der Waals surface area contributed by atoms with Gasteiger partial charge in [0.2, 0.25) is 0 Å². The number of pyridine rings is 1. The van der Waals surface area contributed by atoms with E-state index in [4.69, 9.17) is 17.3 Å². The van der Waals surface area contributed by atoms with Gasteiger partial charge in [0.25, 0.3) is 0 Å². The standard InChI is InChI=1S/C5H5ClN2.CH3F/c6-5-3-4(7)1-2-8-5;1-2/h1-3H,(H2,7,8);1H3. The van der Waals surface area contributed by atoms with Crippen LogP contribution in [0.3, 0.4) is 0 Å².